The Kier molecular flexibility index (Phi) is 4.52. The van der Waals surface area contributed by atoms with Crippen LogP contribution in [0.5, 0.6) is 5.88 Å². The Hall–Kier alpha value is -2.43. The Morgan fingerprint density at radius 1 is 1.19 bits per heavy atom. The molecule has 4 nitrogen and oxygen atoms in total. The number of nitrogens with zero attached hydrogens (tertiary/aromatic N) is 1. The quantitative estimate of drug-likeness (QED) is 0.793. The number of ether oxygens (including phenoxy) is 2. The number of pyridine rings is 1. The molecule has 0 spiro atoms. The molecule has 0 aliphatic heterocycles. The van der Waals surface area contributed by atoms with Gasteiger partial charge >= 0.3 is 5.97 Å². The number of hydrogen-bond donors (Lipinski definition) is 0. The molecule has 0 aliphatic rings. The largest absolute Gasteiger partial charge is 0.460 e. The van der Waals surface area contributed by atoms with Crippen LogP contribution in [0.25, 0.3) is 0 Å². The third kappa shape index (κ3) is 4.27. The Balaban J connectivity index is 1.95. The molecule has 2 aromatic rings. The highest BCUT2D eigenvalue weighted by atomic mass is 19.1. The van der Waals surface area contributed by atoms with Crippen LogP contribution in [0.3, 0.4) is 0 Å². The van der Waals surface area contributed by atoms with Gasteiger partial charge in [0, 0.05) is 6.07 Å². The van der Waals surface area contributed by atoms with Crippen molar-refractivity contribution >= 4 is 5.97 Å². The van der Waals surface area contributed by atoms with E-state index in [4.69, 9.17) is 9.47 Å². The van der Waals surface area contributed by atoms with Gasteiger partial charge in [-0.25, -0.2) is 14.2 Å². The molecule has 0 saturated carbocycles. The van der Waals surface area contributed by atoms with Gasteiger partial charge in [-0.05, 0) is 25.5 Å². The average molecular weight is 289 g/mol. The second kappa shape index (κ2) is 6.35. The Bertz CT molecular complexity index is 597. The molecule has 2 rings (SSSR count). The number of benzene rings is 1. The molecule has 1 heterocycles. The van der Waals surface area contributed by atoms with E-state index in [1.165, 1.54) is 12.1 Å². The van der Waals surface area contributed by atoms with Crippen LogP contribution in [-0.2, 0) is 16.1 Å². The number of esters is 1. The maximum Gasteiger partial charge on any atom is 0.350 e. The summed E-state index contributed by atoms with van der Waals surface area (Å²) in [5.41, 5.74) is -0.318. The fourth-order valence-electron chi connectivity index (χ4n) is 1.62. The van der Waals surface area contributed by atoms with Gasteiger partial charge in [0.25, 0.3) is 0 Å². The summed E-state index contributed by atoms with van der Waals surface area (Å²) in [6.07, 6.45) is 1.03. The second-order valence-electron chi connectivity index (χ2n) is 4.99. The van der Waals surface area contributed by atoms with E-state index >= 15 is 0 Å². The minimum absolute atomic E-state index is 0.165. The molecule has 0 bridgehead atoms. The number of hydrogen-bond acceptors (Lipinski definition) is 4. The molecule has 0 saturated heterocycles. The summed E-state index contributed by atoms with van der Waals surface area (Å²) < 4.78 is 23.5. The number of aromatic nitrogens is 1. The van der Waals surface area contributed by atoms with Crippen molar-refractivity contribution in [1.29, 1.82) is 0 Å². The van der Waals surface area contributed by atoms with Gasteiger partial charge in [0.1, 0.15) is 12.4 Å². The molecule has 0 aliphatic carbocycles. The summed E-state index contributed by atoms with van der Waals surface area (Å²) in [6, 6.07) is 11.9. The highest BCUT2D eigenvalue weighted by Gasteiger charge is 2.32. The molecular formula is C16H16FNO3. The molecule has 21 heavy (non-hydrogen) atoms. The van der Waals surface area contributed by atoms with Gasteiger partial charge in [-0.3, -0.25) is 0 Å². The lowest BCUT2D eigenvalue weighted by Gasteiger charge is -2.23. The number of rotatable bonds is 5. The third-order valence-electron chi connectivity index (χ3n) is 2.76. The van der Waals surface area contributed by atoms with E-state index in [0.29, 0.717) is 0 Å². The first-order chi connectivity index (χ1) is 9.97. The number of carbonyl (C=O) groups excluding carboxylic acids is 1. The molecule has 0 amide bonds. The monoisotopic (exact) mass is 289 g/mol. The van der Waals surface area contributed by atoms with Crippen LogP contribution < -0.4 is 4.74 Å². The lowest BCUT2D eigenvalue weighted by atomic mass is 10.1. The standard InChI is InChI=1S/C16H16FNO3/c1-16(2,21-14-9-8-13(17)10-18-14)15(19)20-11-12-6-4-3-5-7-12/h3-10H,11H2,1-2H3. The van der Waals surface area contributed by atoms with E-state index in [-0.39, 0.29) is 12.5 Å². The Morgan fingerprint density at radius 3 is 2.52 bits per heavy atom. The molecule has 0 N–H and O–H groups in total. The van der Waals surface area contributed by atoms with Crippen LogP contribution in [-0.4, -0.2) is 16.6 Å². The maximum atomic E-state index is 12.8. The minimum Gasteiger partial charge on any atom is -0.460 e. The van der Waals surface area contributed by atoms with Crippen LogP contribution in [0.4, 0.5) is 4.39 Å². The maximum absolute atomic E-state index is 12.8. The van der Waals surface area contributed by atoms with Crippen LogP contribution >= 0.6 is 0 Å². The van der Waals surface area contributed by atoms with Crippen molar-refractivity contribution < 1.29 is 18.7 Å². The van der Waals surface area contributed by atoms with E-state index in [0.717, 1.165) is 11.8 Å². The molecule has 1 aromatic heterocycles. The van der Waals surface area contributed by atoms with Crippen molar-refractivity contribution in [3.63, 3.8) is 0 Å². The first kappa shape index (κ1) is 15.0. The summed E-state index contributed by atoms with van der Waals surface area (Å²) in [7, 11) is 0. The number of carbonyl (C=O) groups is 1. The molecule has 5 heteroatoms. The van der Waals surface area contributed by atoms with Gasteiger partial charge in [-0.2, -0.15) is 0 Å². The molecule has 0 fully saturated rings. The topological polar surface area (TPSA) is 48.4 Å². The summed E-state index contributed by atoms with van der Waals surface area (Å²) in [5.74, 6) is -0.817. The zero-order chi connectivity index (χ0) is 15.3. The van der Waals surface area contributed by atoms with E-state index in [1.54, 1.807) is 13.8 Å². The highest BCUT2D eigenvalue weighted by Crippen LogP contribution is 2.18. The molecule has 0 unspecified atom stereocenters. The fourth-order valence-corrected chi connectivity index (χ4v) is 1.62. The van der Waals surface area contributed by atoms with E-state index in [9.17, 15) is 9.18 Å². The molecule has 110 valence electrons. The van der Waals surface area contributed by atoms with E-state index in [1.807, 2.05) is 30.3 Å². The van der Waals surface area contributed by atoms with Crippen LogP contribution in [0.15, 0.2) is 48.7 Å². The first-order valence-electron chi connectivity index (χ1n) is 6.49. The third-order valence-corrected chi connectivity index (χ3v) is 2.76. The zero-order valence-electron chi connectivity index (χ0n) is 11.9. The van der Waals surface area contributed by atoms with Crippen molar-refractivity contribution in [3.05, 3.63) is 60.0 Å². The van der Waals surface area contributed by atoms with Crippen molar-refractivity contribution in [2.24, 2.45) is 0 Å². The summed E-state index contributed by atoms with van der Waals surface area (Å²) in [4.78, 5) is 15.8. The number of halogens is 1. The molecule has 1 aromatic carbocycles. The van der Waals surface area contributed by atoms with Gasteiger partial charge < -0.3 is 9.47 Å². The van der Waals surface area contributed by atoms with Crippen molar-refractivity contribution in [3.8, 4) is 5.88 Å². The smallest absolute Gasteiger partial charge is 0.350 e. The lowest BCUT2D eigenvalue weighted by Crippen LogP contribution is -2.39. The summed E-state index contributed by atoms with van der Waals surface area (Å²) >= 11 is 0. The first-order valence-corrected chi connectivity index (χ1v) is 6.49. The zero-order valence-corrected chi connectivity index (χ0v) is 11.9. The van der Waals surface area contributed by atoms with Crippen LogP contribution in [0.1, 0.15) is 19.4 Å². The van der Waals surface area contributed by atoms with Crippen LogP contribution in [0.2, 0.25) is 0 Å². The predicted octanol–water partition coefficient (Wildman–Crippen LogP) is 3.12. The predicted molar refractivity (Wildman–Crippen MR) is 75.1 cm³/mol. The van der Waals surface area contributed by atoms with E-state index < -0.39 is 17.4 Å². The van der Waals surface area contributed by atoms with Gasteiger partial charge in [-0.1, -0.05) is 30.3 Å². The van der Waals surface area contributed by atoms with E-state index in [2.05, 4.69) is 4.98 Å². The van der Waals surface area contributed by atoms with Gasteiger partial charge in [-0.15, -0.1) is 0 Å². The SMILES string of the molecule is CC(C)(Oc1ccc(F)cn1)C(=O)OCc1ccccc1. The Morgan fingerprint density at radius 2 is 1.90 bits per heavy atom. The normalized spacial score (nSPS) is 11.0. The highest BCUT2D eigenvalue weighted by molar-refractivity contribution is 5.78. The lowest BCUT2D eigenvalue weighted by molar-refractivity contribution is -0.160. The second-order valence-corrected chi connectivity index (χ2v) is 4.99. The molecular weight excluding hydrogens is 273 g/mol. The Labute approximate surface area is 122 Å². The van der Waals surface area contributed by atoms with Crippen molar-refractivity contribution in [1.82, 2.24) is 4.98 Å². The fraction of sp³-hybridized carbons (Fsp3) is 0.250. The van der Waals surface area contributed by atoms with Crippen molar-refractivity contribution in [2.45, 2.75) is 26.1 Å². The summed E-state index contributed by atoms with van der Waals surface area (Å²) in [5, 5.41) is 0. The van der Waals surface area contributed by atoms with Gasteiger partial charge in [0.05, 0.1) is 6.20 Å². The molecule has 0 radical (unpaired) electrons. The minimum atomic E-state index is -1.21. The van der Waals surface area contributed by atoms with Gasteiger partial charge in [0.2, 0.25) is 11.5 Å². The summed E-state index contributed by atoms with van der Waals surface area (Å²) in [6.45, 7) is 3.32. The molecule has 0 atom stereocenters. The average Bonchev–Trinajstić information content (AvgIpc) is 2.48. The van der Waals surface area contributed by atoms with Gasteiger partial charge in [0.15, 0.2) is 0 Å². The van der Waals surface area contributed by atoms with Crippen LogP contribution in [0, 0.1) is 5.82 Å². The van der Waals surface area contributed by atoms with Crippen molar-refractivity contribution in [2.75, 3.05) is 0 Å².